The third-order valence-corrected chi connectivity index (χ3v) is 5.13. The van der Waals surface area contributed by atoms with E-state index in [0.717, 1.165) is 24.3 Å². The summed E-state index contributed by atoms with van der Waals surface area (Å²) in [5, 5.41) is 6.92. The number of aromatic nitrogens is 2. The van der Waals surface area contributed by atoms with Crippen molar-refractivity contribution in [3.8, 4) is 11.6 Å². The highest BCUT2D eigenvalue weighted by Gasteiger charge is 2.22. The Hall–Kier alpha value is -3.87. The fourth-order valence-electron chi connectivity index (χ4n) is 3.70. The normalized spacial score (nSPS) is 12.7. The lowest BCUT2D eigenvalue weighted by Crippen LogP contribution is -2.18. The molecule has 5 rings (SSSR count). The van der Waals surface area contributed by atoms with Crippen LogP contribution in [0.2, 0.25) is 0 Å². The average molecular weight is 400 g/mol. The molecule has 0 fully saturated rings. The van der Waals surface area contributed by atoms with Gasteiger partial charge in [-0.3, -0.25) is 4.79 Å². The van der Waals surface area contributed by atoms with Crippen LogP contribution in [0, 0.1) is 0 Å². The van der Waals surface area contributed by atoms with Gasteiger partial charge in [0.25, 0.3) is 0 Å². The first kappa shape index (κ1) is 18.2. The summed E-state index contributed by atoms with van der Waals surface area (Å²) in [5.41, 5.74) is 4.30. The summed E-state index contributed by atoms with van der Waals surface area (Å²) in [6, 6.07) is 19.8. The third kappa shape index (κ3) is 3.57. The van der Waals surface area contributed by atoms with Crippen LogP contribution in [0.15, 0.2) is 75.9 Å². The van der Waals surface area contributed by atoms with E-state index in [9.17, 15) is 4.79 Å². The van der Waals surface area contributed by atoms with Gasteiger partial charge in [0.2, 0.25) is 17.6 Å². The van der Waals surface area contributed by atoms with E-state index in [1.807, 2.05) is 30.3 Å². The van der Waals surface area contributed by atoms with E-state index in [-0.39, 0.29) is 12.3 Å². The Bertz CT molecular complexity index is 1170. The molecule has 3 heterocycles. The summed E-state index contributed by atoms with van der Waals surface area (Å²) in [6.07, 6.45) is 3.14. The molecule has 2 aromatic heterocycles. The Labute approximate surface area is 173 Å². The largest absolute Gasteiger partial charge is 0.461 e. The molecule has 1 amide bonds. The molecule has 0 atom stereocenters. The lowest BCUT2D eigenvalue weighted by Gasteiger charge is -2.23. The predicted octanol–water partition coefficient (Wildman–Crippen LogP) is 4.60. The fraction of sp³-hybridized carbons (Fsp3) is 0.174. The van der Waals surface area contributed by atoms with Crippen molar-refractivity contribution in [2.24, 2.45) is 0 Å². The Morgan fingerprint density at radius 2 is 1.87 bits per heavy atom. The maximum Gasteiger partial charge on any atom is 0.238 e. The molecule has 30 heavy (non-hydrogen) atoms. The van der Waals surface area contributed by atoms with Gasteiger partial charge in [0.05, 0.1) is 17.6 Å². The summed E-state index contributed by atoms with van der Waals surface area (Å²) in [7, 11) is 0. The third-order valence-electron chi connectivity index (χ3n) is 5.13. The molecule has 150 valence electrons. The number of benzene rings is 2. The van der Waals surface area contributed by atoms with E-state index >= 15 is 0 Å². The van der Waals surface area contributed by atoms with Crippen LogP contribution in [0.4, 0.5) is 17.1 Å². The maximum atomic E-state index is 12.6. The second-order valence-corrected chi connectivity index (χ2v) is 7.08. The van der Waals surface area contributed by atoms with Crippen LogP contribution in [0.1, 0.15) is 17.9 Å². The lowest BCUT2D eigenvalue weighted by atomic mass is 10.1. The van der Waals surface area contributed by atoms with E-state index in [0.29, 0.717) is 23.9 Å². The van der Waals surface area contributed by atoms with E-state index in [4.69, 9.17) is 8.94 Å². The average Bonchev–Trinajstić information content (AvgIpc) is 3.53. The first-order valence-electron chi connectivity index (χ1n) is 9.89. The molecule has 0 bridgehead atoms. The summed E-state index contributed by atoms with van der Waals surface area (Å²) >= 11 is 0. The zero-order valence-electron chi connectivity index (χ0n) is 16.2. The quantitative estimate of drug-likeness (QED) is 0.509. The minimum Gasteiger partial charge on any atom is -0.461 e. The monoisotopic (exact) mass is 400 g/mol. The molecule has 0 spiro atoms. The van der Waals surface area contributed by atoms with E-state index in [2.05, 4.69) is 38.6 Å². The molecule has 0 aliphatic carbocycles. The molecule has 0 radical (unpaired) electrons. The van der Waals surface area contributed by atoms with Gasteiger partial charge in [-0.2, -0.15) is 4.98 Å². The zero-order valence-corrected chi connectivity index (χ0v) is 16.2. The maximum absolute atomic E-state index is 12.6. The number of para-hydroxylation sites is 3. The SMILES string of the molecule is O=C(CCc1nc(-c2ccco2)no1)Nc1ccccc1N1CCc2ccccc21. The number of rotatable bonds is 6. The Morgan fingerprint density at radius 1 is 1.03 bits per heavy atom. The Morgan fingerprint density at radius 3 is 2.73 bits per heavy atom. The molecule has 0 saturated carbocycles. The van der Waals surface area contributed by atoms with Crippen molar-refractivity contribution >= 4 is 23.0 Å². The van der Waals surface area contributed by atoms with Crippen molar-refractivity contribution in [3.05, 3.63) is 78.4 Å². The number of nitrogens with zero attached hydrogens (tertiary/aromatic N) is 3. The summed E-state index contributed by atoms with van der Waals surface area (Å²) in [6.45, 7) is 0.893. The van der Waals surface area contributed by atoms with Gasteiger partial charge in [-0.15, -0.1) is 0 Å². The molecule has 4 aromatic rings. The van der Waals surface area contributed by atoms with Crippen molar-refractivity contribution in [3.63, 3.8) is 0 Å². The Balaban J connectivity index is 1.26. The van der Waals surface area contributed by atoms with Crippen molar-refractivity contribution in [2.75, 3.05) is 16.8 Å². The molecule has 1 aliphatic heterocycles. The lowest BCUT2D eigenvalue weighted by molar-refractivity contribution is -0.116. The van der Waals surface area contributed by atoms with Gasteiger partial charge in [0.15, 0.2) is 5.76 Å². The summed E-state index contributed by atoms with van der Waals surface area (Å²) in [4.78, 5) is 19.1. The number of amides is 1. The van der Waals surface area contributed by atoms with Crippen LogP contribution < -0.4 is 10.2 Å². The second-order valence-electron chi connectivity index (χ2n) is 7.08. The molecular formula is C23H20N4O3. The van der Waals surface area contributed by atoms with Crippen molar-refractivity contribution in [1.82, 2.24) is 10.1 Å². The predicted molar refractivity (Wildman–Crippen MR) is 113 cm³/mol. The minimum absolute atomic E-state index is 0.104. The van der Waals surface area contributed by atoms with Crippen LogP contribution in [0.3, 0.4) is 0 Å². The number of anilines is 3. The highest BCUT2D eigenvalue weighted by atomic mass is 16.5. The van der Waals surface area contributed by atoms with Gasteiger partial charge in [-0.25, -0.2) is 0 Å². The molecule has 1 N–H and O–H groups in total. The van der Waals surface area contributed by atoms with Crippen molar-refractivity contribution < 1.29 is 13.7 Å². The number of carbonyl (C=O) groups is 1. The van der Waals surface area contributed by atoms with E-state index in [1.54, 1.807) is 18.4 Å². The summed E-state index contributed by atoms with van der Waals surface area (Å²) in [5.74, 6) is 1.22. The highest BCUT2D eigenvalue weighted by Crippen LogP contribution is 2.38. The number of aryl methyl sites for hydroxylation is 1. The van der Waals surface area contributed by atoms with Gasteiger partial charge >= 0.3 is 0 Å². The standard InChI is InChI=1S/C23H20N4O3/c28-21(11-12-22-25-23(26-30-22)20-10-5-15-29-20)24-17-7-2-4-9-19(17)27-14-13-16-6-1-3-8-18(16)27/h1-10,15H,11-14H2,(H,24,28). The molecule has 1 aliphatic rings. The number of nitrogens with one attached hydrogen (secondary N) is 1. The molecule has 0 unspecified atom stereocenters. The first-order chi connectivity index (χ1) is 14.8. The van der Waals surface area contributed by atoms with Gasteiger partial charge in [-0.1, -0.05) is 35.5 Å². The molecule has 7 nitrogen and oxygen atoms in total. The van der Waals surface area contributed by atoms with Crippen molar-refractivity contribution in [2.45, 2.75) is 19.3 Å². The van der Waals surface area contributed by atoms with Crippen LogP contribution >= 0.6 is 0 Å². The molecular weight excluding hydrogens is 380 g/mol. The van der Waals surface area contributed by atoms with Gasteiger partial charge in [-0.05, 0) is 42.3 Å². The topological polar surface area (TPSA) is 84.4 Å². The number of carbonyl (C=O) groups excluding carboxylic acids is 1. The Kier molecular flexibility index (Phi) is 4.77. The van der Waals surface area contributed by atoms with Crippen molar-refractivity contribution in [1.29, 1.82) is 0 Å². The van der Waals surface area contributed by atoms with Gasteiger partial charge in [0, 0.05) is 25.1 Å². The number of hydrogen-bond acceptors (Lipinski definition) is 6. The smallest absolute Gasteiger partial charge is 0.238 e. The fourth-order valence-corrected chi connectivity index (χ4v) is 3.70. The second kappa shape index (κ2) is 7.87. The number of fused-ring (bicyclic) bond motifs is 1. The van der Waals surface area contributed by atoms with Crippen LogP contribution in [0.25, 0.3) is 11.6 Å². The molecule has 0 saturated heterocycles. The minimum atomic E-state index is -0.104. The van der Waals surface area contributed by atoms with E-state index < -0.39 is 0 Å². The van der Waals surface area contributed by atoms with Crippen LogP contribution in [-0.4, -0.2) is 22.6 Å². The van der Waals surface area contributed by atoms with E-state index in [1.165, 1.54) is 11.3 Å². The first-order valence-corrected chi connectivity index (χ1v) is 9.89. The number of furan rings is 1. The number of hydrogen-bond donors (Lipinski definition) is 1. The van der Waals surface area contributed by atoms with Gasteiger partial charge in [0.1, 0.15) is 0 Å². The van der Waals surface area contributed by atoms with Crippen LogP contribution in [-0.2, 0) is 17.6 Å². The zero-order chi connectivity index (χ0) is 20.3. The molecule has 7 heteroatoms. The molecule has 2 aromatic carbocycles. The van der Waals surface area contributed by atoms with Crippen LogP contribution in [0.5, 0.6) is 0 Å². The highest BCUT2D eigenvalue weighted by molar-refractivity contribution is 5.95. The summed E-state index contributed by atoms with van der Waals surface area (Å²) < 4.78 is 10.5. The van der Waals surface area contributed by atoms with Gasteiger partial charge < -0.3 is 19.2 Å².